The van der Waals surface area contributed by atoms with Gasteiger partial charge in [-0.1, -0.05) is 0 Å². The molecular formula is C16H19N3O3. The van der Waals surface area contributed by atoms with Crippen LogP contribution in [0, 0.1) is 5.92 Å². The lowest BCUT2D eigenvalue weighted by molar-refractivity contribution is -0.120. The van der Waals surface area contributed by atoms with Gasteiger partial charge in [-0.2, -0.15) is 0 Å². The molecule has 0 spiro atoms. The Kier molecular flexibility index (Phi) is 4.00. The smallest absolute Gasteiger partial charge is 0.228 e. The SMILES string of the molecule is COc1ccc(OC)c(NC(=O)C2CCn3ccnc3C2)c1. The van der Waals surface area contributed by atoms with Crippen LogP contribution in [-0.4, -0.2) is 29.7 Å². The van der Waals surface area contributed by atoms with Gasteiger partial charge in [0, 0.05) is 37.3 Å². The Morgan fingerprint density at radius 3 is 3.00 bits per heavy atom. The number of ether oxygens (including phenoxy) is 2. The molecule has 0 aliphatic carbocycles. The average Bonchev–Trinajstić information content (AvgIpc) is 3.02. The van der Waals surface area contributed by atoms with E-state index in [0.717, 1.165) is 18.8 Å². The van der Waals surface area contributed by atoms with E-state index in [4.69, 9.17) is 9.47 Å². The highest BCUT2D eigenvalue weighted by Crippen LogP contribution is 2.30. The van der Waals surface area contributed by atoms with E-state index < -0.39 is 0 Å². The van der Waals surface area contributed by atoms with Crippen LogP contribution >= 0.6 is 0 Å². The van der Waals surface area contributed by atoms with E-state index in [1.165, 1.54) is 0 Å². The monoisotopic (exact) mass is 301 g/mol. The Balaban J connectivity index is 1.74. The summed E-state index contributed by atoms with van der Waals surface area (Å²) in [6, 6.07) is 5.34. The minimum atomic E-state index is -0.0780. The van der Waals surface area contributed by atoms with Crippen LogP contribution in [0.25, 0.3) is 0 Å². The van der Waals surface area contributed by atoms with Crippen LogP contribution in [0.2, 0.25) is 0 Å². The summed E-state index contributed by atoms with van der Waals surface area (Å²) in [5.74, 6) is 2.16. The number of benzene rings is 1. The second-order valence-corrected chi connectivity index (χ2v) is 5.28. The fourth-order valence-corrected chi connectivity index (χ4v) is 2.72. The molecule has 0 bridgehead atoms. The molecule has 1 unspecified atom stereocenters. The van der Waals surface area contributed by atoms with E-state index in [0.29, 0.717) is 23.6 Å². The Bertz CT molecular complexity index is 681. The molecule has 1 aromatic heterocycles. The van der Waals surface area contributed by atoms with Crippen molar-refractivity contribution in [2.24, 2.45) is 5.92 Å². The number of hydrogen-bond donors (Lipinski definition) is 1. The van der Waals surface area contributed by atoms with Crippen LogP contribution in [0.1, 0.15) is 12.2 Å². The molecule has 2 heterocycles. The van der Waals surface area contributed by atoms with Gasteiger partial charge in [-0.15, -0.1) is 0 Å². The molecule has 6 nitrogen and oxygen atoms in total. The molecule has 1 aromatic carbocycles. The van der Waals surface area contributed by atoms with Crippen LogP contribution in [0.15, 0.2) is 30.6 Å². The first-order valence-corrected chi connectivity index (χ1v) is 7.24. The van der Waals surface area contributed by atoms with Crippen molar-refractivity contribution in [1.82, 2.24) is 9.55 Å². The van der Waals surface area contributed by atoms with E-state index in [-0.39, 0.29) is 11.8 Å². The number of anilines is 1. The zero-order chi connectivity index (χ0) is 15.5. The van der Waals surface area contributed by atoms with Gasteiger partial charge in [-0.3, -0.25) is 4.79 Å². The number of amides is 1. The van der Waals surface area contributed by atoms with Gasteiger partial charge < -0.3 is 19.4 Å². The highest BCUT2D eigenvalue weighted by atomic mass is 16.5. The Labute approximate surface area is 129 Å². The Morgan fingerprint density at radius 1 is 1.36 bits per heavy atom. The van der Waals surface area contributed by atoms with E-state index in [1.807, 2.05) is 6.20 Å². The van der Waals surface area contributed by atoms with Crippen molar-refractivity contribution in [3.05, 3.63) is 36.4 Å². The van der Waals surface area contributed by atoms with Gasteiger partial charge in [0.2, 0.25) is 5.91 Å². The standard InChI is InChI=1S/C16H19N3O3/c1-21-12-3-4-14(22-2)13(10-12)18-16(20)11-5-7-19-8-6-17-15(19)9-11/h3-4,6,8,10-11H,5,7,9H2,1-2H3,(H,18,20). The van der Waals surface area contributed by atoms with Gasteiger partial charge in [-0.25, -0.2) is 4.98 Å². The maximum atomic E-state index is 12.5. The summed E-state index contributed by atoms with van der Waals surface area (Å²) in [7, 11) is 3.17. The van der Waals surface area contributed by atoms with Crippen LogP contribution in [-0.2, 0) is 17.8 Å². The molecule has 2 aromatic rings. The fraction of sp³-hybridized carbons (Fsp3) is 0.375. The number of carbonyl (C=O) groups is 1. The maximum absolute atomic E-state index is 12.5. The second-order valence-electron chi connectivity index (χ2n) is 5.28. The van der Waals surface area contributed by atoms with Gasteiger partial charge in [0.25, 0.3) is 0 Å². The number of nitrogens with one attached hydrogen (secondary N) is 1. The summed E-state index contributed by atoms with van der Waals surface area (Å²) in [5, 5.41) is 2.95. The minimum Gasteiger partial charge on any atom is -0.497 e. The Morgan fingerprint density at radius 2 is 2.23 bits per heavy atom. The summed E-state index contributed by atoms with van der Waals surface area (Å²) in [5.41, 5.74) is 0.626. The number of methoxy groups -OCH3 is 2. The van der Waals surface area contributed by atoms with Crippen molar-refractivity contribution in [2.75, 3.05) is 19.5 Å². The van der Waals surface area contributed by atoms with Gasteiger partial charge in [0.05, 0.1) is 19.9 Å². The fourth-order valence-electron chi connectivity index (χ4n) is 2.72. The van der Waals surface area contributed by atoms with Crippen molar-refractivity contribution >= 4 is 11.6 Å². The van der Waals surface area contributed by atoms with E-state index in [9.17, 15) is 4.79 Å². The summed E-state index contributed by atoms with van der Waals surface area (Å²) in [6.07, 6.45) is 5.20. The summed E-state index contributed by atoms with van der Waals surface area (Å²) in [4.78, 5) is 16.8. The van der Waals surface area contributed by atoms with Crippen LogP contribution in [0.3, 0.4) is 0 Å². The molecule has 6 heteroatoms. The van der Waals surface area contributed by atoms with Crippen LogP contribution in [0.5, 0.6) is 11.5 Å². The number of aryl methyl sites for hydroxylation is 1. The number of hydrogen-bond acceptors (Lipinski definition) is 4. The topological polar surface area (TPSA) is 65.4 Å². The predicted molar refractivity (Wildman–Crippen MR) is 82.2 cm³/mol. The number of carbonyl (C=O) groups excluding carboxylic acids is 1. The summed E-state index contributed by atoms with van der Waals surface area (Å²) < 4.78 is 12.6. The first-order valence-electron chi connectivity index (χ1n) is 7.24. The molecule has 0 radical (unpaired) electrons. The molecule has 0 saturated heterocycles. The molecule has 0 saturated carbocycles. The van der Waals surface area contributed by atoms with Gasteiger partial charge in [0.15, 0.2) is 0 Å². The van der Waals surface area contributed by atoms with E-state index in [1.54, 1.807) is 38.6 Å². The molecule has 1 N–H and O–H groups in total. The van der Waals surface area contributed by atoms with Gasteiger partial charge in [-0.05, 0) is 18.6 Å². The third-order valence-corrected chi connectivity index (χ3v) is 3.98. The molecule has 3 rings (SSSR count). The second kappa shape index (κ2) is 6.09. The lowest BCUT2D eigenvalue weighted by Crippen LogP contribution is -2.30. The quantitative estimate of drug-likeness (QED) is 0.939. The van der Waals surface area contributed by atoms with Crippen molar-refractivity contribution in [3.8, 4) is 11.5 Å². The number of rotatable bonds is 4. The highest BCUT2D eigenvalue weighted by molar-refractivity contribution is 5.94. The Hall–Kier alpha value is -2.50. The minimum absolute atomic E-state index is 0.0131. The lowest BCUT2D eigenvalue weighted by atomic mass is 9.97. The summed E-state index contributed by atoms with van der Waals surface area (Å²) in [6.45, 7) is 0.822. The normalized spacial score (nSPS) is 16.7. The number of imidazole rings is 1. The highest BCUT2D eigenvalue weighted by Gasteiger charge is 2.26. The molecule has 1 aliphatic rings. The van der Waals surface area contributed by atoms with E-state index in [2.05, 4.69) is 14.9 Å². The van der Waals surface area contributed by atoms with Gasteiger partial charge in [0.1, 0.15) is 17.3 Å². The third-order valence-electron chi connectivity index (χ3n) is 3.98. The number of aromatic nitrogens is 2. The van der Waals surface area contributed by atoms with Crippen molar-refractivity contribution in [3.63, 3.8) is 0 Å². The first-order chi connectivity index (χ1) is 10.7. The van der Waals surface area contributed by atoms with Crippen molar-refractivity contribution in [2.45, 2.75) is 19.4 Å². The molecular weight excluding hydrogens is 282 g/mol. The lowest BCUT2D eigenvalue weighted by Gasteiger charge is -2.23. The predicted octanol–water partition coefficient (Wildman–Crippen LogP) is 2.10. The molecule has 1 aliphatic heterocycles. The van der Waals surface area contributed by atoms with Crippen LogP contribution < -0.4 is 14.8 Å². The molecule has 22 heavy (non-hydrogen) atoms. The van der Waals surface area contributed by atoms with Gasteiger partial charge >= 0.3 is 0 Å². The zero-order valence-corrected chi connectivity index (χ0v) is 12.7. The molecule has 116 valence electrons. The maximum Gasteiger partial charge on any atom is 0.228 e. The number of nitrogens with zero attached hydrogens (tertiary/aromatic N) is 2. The number of fused-ring (bicyclic) bond motifs is 1. The molecule has 1 atom stereocenters. The van der Waals surface area contributed by atoms with E-state index >= 15 is 0 Å². The zero-order valence-electron chi connectivity index (χ0n) is 12.7. The largest absolute Gasteiger partial charge is 0.497 e. The summed E-state index contributed by atoms with van der Waals surface area (Å²) >= 11 is 0. The average molecular weight is 301 g/mol. The van der Waals surface area contributed by atoms with Crippen LogP contribution in [0.4, 0.5) is 5.69 Å². The van der Waals surface area contributed by atoms with Crippen molar-refractivity contribution < 1.29 is 14.3 Å². The first kappa shape index (κ1) is 14.4. The molecule has 0 fully saturated rings. The van der Waals surface area contributed by atoms with Crippen molar-refractivity contribution in [1.29, 1.82) is 0 Å². The third kappa shape index (κ3) is 2.77. The molecule has 1 amide bonds.